The van der Waals surface area contributed by atoms with Crippen LogP contribution >= 0.6 is 0 Å². The molecule has 1 N–H and O–H groups in total. The first-order valence-corrected chi connectivity index (χ1v) is 5.01. The number of furan rings is 1. The van der Waals surface area contributed by atoms with E-state index in [1.54, 1.807) is 18.8 Å². The molecular formula is C11H11N3O. The van der Waals surface area contributed by atoms with E-state index in [9.17, 15) is 0 Å². The fourth-order valence-electron chi connectivity index (χ4n) is 1.96. The lowest BCUT2D eigenvalue weighted by atomic mass is 10.0. The number of hydrogen-bond acceptors (Lipinski definition) is 4. The van der Waals surface area contributed by atoms with Crippen molar-refractivity contribution in [1.82, 2.24) is 15.3 Å². The first-order valence-electron chi connectivity index (χ1n) is 5.01. The maximum absolute atomic E-state index is 5.50. The van der Waals surface area contributed by atoms with Gasteiger partial charge in [0.05, 0.1) is 12.0 Å². The van der Waals surface area contributed by atoms with Crippen LogP contribution < -0.4 is 5.32 Å². The van der Waals surface area contributed by atoms with Crippen LogP contribution in [0.25, 0.3) is 0 Å². The highest BCUT2D eigenvalue weighted by Gasteiger charge is 2.24. The standard InChI is InChI=1S/C11H11N3O/c1-5-13-10(9-2-4-12-7-14-9)11-8(1)3-6-15-11/h2-4,6-7,10,13H,1,5H2. The highest BCUT2D eigenvalue weighted by atomic mass is 16.3. The van der Waals surface area contributed by atoms with Gasteiger partial charge in [0.1, 0.15) is 18.1 Å². The topological polar surface area (TPSA) is 51.0 Å². The van der Waals surface area contributed by atoms with Gasteiger partial charge in [0.25, 0.3) is 0 Å². The van der Waals surface area contributed by atoms with Gasteiger partial charge < -0.3 is 9.73 Å². The van der Waals surface area contributed by atoms with Gasteiger partial charge in [-0.05, 0) is 24.1 Å². The van der Waals surface area contributed by atoms with E-state index in [0.717, 1.165) is 24.4 Å². The molecule has 3 rings (SSSR count). The third-order valence-electron chi connectivity index (χ3n) is 2.69. The number of hydrogen-bond donors (Lipinski definition) is 1. The van der Waals surface area contributed by atoms with Gasteiger partial charge >= 0.3 is 0 Å². The summed E-state index contributed by atoms with van der Waals surface area (Å²) in [7, 11) is 0. The van der Waals surface area contributed by atoms with Crippen molar-refractivity contribution in [1.29, 1.82) is 0 Å². The molecule has 3 heterocycles. The molecule has 0 saturated heterocycles. The first kappa shape index (κ1) is 8.61. The van der Waals surface area contributed by atoms with Crippen molar-refractivity contribution in [3.05, 3.63) is 47.9 Å². The zero-order valence-corrected chi connectivity index (χ0v) is 8.18. The van der Waals surface area contributed by atoms with E-state index < -0.39 is 0 Å². The summed E-state index contributed by atoms with van der Waals surface area (Å²) in [5, 5.41) is 3.39. The Bertz CT molecular complexity index is 452. The molecule has 2 aromatic rings. The minimum absolute atomic E-state index is 0.0757. The van der Waals surface area contributed by atoms with Crippen LogP contribution in [0.2, 0.25) is 0 Å². The van der Waals surface area contributed by atoms with E-state index in [-0.39, 0.29) is 6.04 Å². The SMILES string of the molecule is c1cc(C2NCCc3ccoc32)ncn1. The van der Waals surface area contributed by atoms with Gasteiger partial charge in [-0.1, -0.05) is 0 Å². The molecule has 0 fully saturated rings. The summed E-state index contributed by atoms with van der Waals surface area (Å²) in [6.45, 7) is 0.960. The highest BCUT2D eigenvalue weighted by Crippen LogP contribution is 2.27. The Balaban J connectivity index is 2.03. The summed E-state index contributed by atoms with van der Waals surface area (Å²) in [6.07, 6.45) is 6.08. The largest absolute Gasteiger partial charge is 0.467 e. The van der Waals surface area contributed by atoms with Gasteiger partial charge in [-0.2, -0.15) is 0 Å². The molecule has 0 aliphatic carbocycles. The van der Waals surface area contributed by atoms with Crippen molar-refractivity contribution < 1.29 is 4.42 Å². The van der Waals surface area contributed by atoms with Crippen LogP contribution in [0.4, 0.5) is 0 Å². The Labute approximate surface area is 87.4 Å². The van der Waals surface area contributed by atoms with Crippen LogP contribution in [0.5, 0.6) is 0 Å². The number of aromatic nitrogens is 2. The van der Waals surface area contributed by atoms with Crippen LogP contribution in [0.3, 0.4) is 0 Å². The Morgan fingerprint density at radius 2 is 2.40 bits per heavy atom. The normalized spacial score (nSPS) is 19.9. The second-order valence-corrected chi connectivity index (χ2v) is 3.58. The molecule has 0 saturated carbocycles. The quantitative estimate of drug-likeness (QED) is 0.755. The van der Waals surface area contributed by atoms with E-state index in [1.165, 1.54) is 5.56 Å². The molecule has 0 bridgehead atoms. The Kier molecular flexibility index (Phi) is 1.99. The third kappa shape index (κ3) is 1.43. The van der Waals surface area contributed by atoms with Crippen molar-refractivity contribution >= 4 is 0 Å². The number of fused-ring (bicyclic) bond motifs is 1. The van der Waals surface area contributed by atoms with E-state index in [0.29, 0.717) is 0 Å². The molecule has 1 unspecified atom stereocenters. The van der Waals surface area contributed by atoms with Gasteiger partial charge in [0.15, 0.2) is 0 Å². The fourth-order valence-corrected chi connectivity index (χ4v) is 1.96. The molecular weight excluding hydrogens is 190 g/mol. The minimum Gasteiger partial charge on any atom is -0.467 e. The van der Waals surface area contributed by atoms with Crippen molar-refractivity contribution in [3.8, 4) is 0 Å². The van der Waals surface area contributed by atoms with Crippen LogP contribution in [-0.4, -0.2) is 16.5 Å². The van der Waals surface area contributed by atoms with Gasteiger partial charge in [-0.25, -0.2) is 9.97 Å². The Morgan fingerprint density at radius 3 is 3.27 bits per heavy atom. The third-order valence-corrected chi connectivity index (χ3v) is 2.69. The Hall–Kier alpha value is -1.68. The van der Waals surface area contributed by atoms with E-state index >= 15 is 0 Å². The second-order valence-electron chi connectivity index (χ2n) is 3.58. The molecule has 76 valence electrons. The fraction of sp³-hybridized carbons (Fsp3) is 0.273. The first-order chi connectivity index (χ1) is 7.45. The lowest BCUT2D eigenvalue weighted by molar-refractivity contribution is 0.420. The molecule has 15 heavy (non-hydrogen) atoms. The highest BCUT2D eigenvalue weighted by molar-refractivity contribution is 5.29. The molecule has 0 aromatic carbocycles. The predicted octanol–water partition coefficient (Wildman–Crippen LogP) is 1.30. The molecule has 4 heteroatoms. The maximum atomic E-state index is 5.50. The summed E-state index contributed by atoms with van der Waals surface area (Å²) in [5.74, 6) is 0.986. The van der Waals surface area contributed by atoms with Gasteiger partial charge in [0.2, 0.25) is 0 Å². The minimum atomic E-state index is 0.0757. The molecule has 0 spiro atoms. The molecule has 4 nitrogen and oxygen atoms in total. The van der Waals surface area contributed by atoms with E-state index in [1.807, 2.05) is 12.1 Å². The number of rotatable bonds is 1. The van der Waals surface area contributed by atoms with Crippen LogP contribution in [0.1, 0.15) is 23.1 Å². The average molecular weight is 201 g/mol. The number of nitrogens with one attached hydrogen (secondary N) is 1. The van der Waals surface area contributed by atoms with Crippen molar-refractivity contribution in [2.24, 2.45) is 0 Å². The van der Waals surface area contributed by atoms with E-state index in [4.69, 9.17) is 4.42 Å². The summed E-state index contributed by atoms with van der Waals surface area (Å²) in [6, 6.07) is 4.02. The van der Waals surface area contributed by atoms with Crippen LogP contribution in [-0.2, 0) is 6.42 Å². The summed E-state index contributed by atoms with van der Waals surface area (Å²) >= 11 is 0. The smallest absolute Gasteiger partial charge is 0.130 e. The molecule has 1 aliphatic heterocycles. The second kappa shape index (κ2) is 3.47. The molecule has 2 aromatic heterocycles. The zero-order valence-electron chi connectivity index (χ0n) is 8.18. The molecule has 0 radical (unpaired) electrons. The lowest BCUT2D eigenvalue weighted by Crippen LogP contribution is -2.30. The average Bonchev–Trinajstić information content (AvgIpc) is 2.78. The van der Waals surface area contributed by atoms with Crippen molar-refractivity contribution in [2.75, 3.05) is 6.54 Å². The summed E-state index contributed by atoms with van der Waals surface area (Å²) in [5.41, 5.74) is 2.23. The maximum Gasteiger partial charge on any atom is 0.130 e. The van der Waals surface area contributed by atoms with E-state index in [2.05, 4.69) is 15.3 Å². The van der Waals surface area contributed by atoms with Gasteiger partial charge in [-0.15, -0.1) is 0 Å². The van der Waals surface area contributed by atoms with Crippen molar-refractivity contribution in [2.45, 2.75) is 12.5 Å². The molecule has 1 atom stereocenters. The summed E-state index contributed by atoms with van der Waals surface area (Å²) < 4.78 is 5.50. The summed E-state index contributed by atoms with van der Waals surface area (Å²) in [4.78, 5) is 8.16. The van der Waals surface area contributed by atoms with Crippen LogP contribution in [0.15, 0.2) is 35.3 Å². The van der Waals surface area contributed by atoms with Gasteiger partial charge in [0, 0.05) is 12.7 Å². The Morgan fingerprint density at radius 1 is 1.40 bits per heavy atom. The van der Waals surface area contributed by atoms with Crippen molar-refractivity contribution in [3.63, 3.8) is 0 Å². The van der Waals surface area contributed by atoms with Crippen LogP contribution in [0, 0.1) is 0 Å². The monoisotopic (exact) mass is 201 g/mol. The zero-order chi connectivity index (χ0) is 10.1. The molecule has 1 aliphatic rings. The lowest BCUT2D eigenvalue weighted by Gasteiger charge is -2.21. The predicted molar refractivity (Wildman–Crippen MR) is 54.3 cm³/mol. The molecule has 0 amide bonds. The number of nitrogens with zero attached hydrogens (tertiary/aromatic N) is 2. The van der Waals surface area contributed by atoms with Gasteiger partial charge in [-0.3, -0.25) is 0 Å².